The van der Waals surface area contributed by atoms with E-state index in [9.17, 15) is 4.79 Å². The van der Waals surface area contributed by atoms with Gasteiger partial charge in [-0.1, -0.05) is 12.1 Å². The van der Waals surface area contributed by atoms with Crippen molar-refractivity contribution in [2.45, 2.75) is 23.9 Å². The average Bonchev–Trinajstić information content (AvgIpc) is 2.62. The quantitative estimate of drug-likeness (QED) is 0.674. The number of para-hydroxylation sites is 1. The van der Waals surface area contributed by atoms with Gasteiger partial charge in [0.05, 0.1) is 12.7 Å². The molecule has 6 heteroatoms. The first-order valence-corrected chi connectivity index (χ1v) is 8.91. The van der Waals surface area contributed by atoms with Gasteiger partial charge in [-0.2, -0.15) is 0 Å². The summed E-state index contributed by atoms with van der Waals surface area (Å²) in [6.07, 6.45) is 0. The molecule has 1 N–H and O–H groups in total. The lowest BCUT2D eigenvalue weighted by molar-refractivity contribution is 0.102. The number of aryl methyl sites for hydroxylation is 2. The van der Waals surface area contributed by atoms with E-state index in [2.05, 4.69) is 15.3 Å². The monoisotopic (exact) mass is 365 g/mol. The molecule has 0 aliphatic rings. The number of hydrogen-bond acceptors (Lipinski definition) is 5. The molecule has 26 heavy (non-hydrogen) atoms. The maximum absolute atomic E-state index is 12.4. The highest BCUT2D eigenvalue weighted by Gasteiger charge is 2.11. The average molecular weight is 365 g/mol. The number of benzene rings is 2. The van der Waals surface area contributed by atoms with Crippen molar-refractivity contribution in [3.05, 3.63) is 71.5 Å². The molecule has 0 fully saturated rings. The Morgan fingerprint density at radius 2 is 1.65 bits per heavy atom. The molecular formula is C20H19N3O2S. The number of hydrogen-bond donors (Lipinski definition) is 1. The number of amides is 1. The summed E-state index contributed by atoms with van der Waals surface area (Å²) >= 11 is 1.49. The van der Waals surface area contributed by atoms with Crippen LogP contribution < -0.4 is 10.1 Å². The standard InChI is InChI=1S/C20H19N3O2S/c1-13-12-14(2)22-20(21-13)26-16-10-8-15(9-11-16)23-19(24)17-6-4-5-7-18(17)25-3/h4-12H,1-3H3,(H,23,24). The molecule has 3 rings (SSSR count). The van der Waals surface area contributed by atoms with Gasteiger partial charge < -0.3 is 10.1 Å². The van der Waals surface area contributed by atoms with Crippen molar-refractivity contribution < 1.29 is 9.53 Å². The topological polar surface area (TPSA) is 64.1 Å². The van der Waals surface area contributed by atoms with Crippen molar-refractivity contribution in [1.29, 1.82) is 0 Å². The molecular weight excluding hydrogens is 346 g/mol. The SMILES string of the molecule is COc1ccccc1C(=O)Nc1ccc(Sc2nc(C)cc(C)n2)cc1. The maximum atomic E-state index is 12.4. The molecule has 0 atom stereocenters. The number of rotatable bonds is 5. The first-order valence-electron chi connectivity index (χ1n) is 8.10. The van der Waals surface area contributed by atoms with E-state index in [0.29, 0.717) is 22.2 Å². The van der Waals surface area contributed by atoms with Crippen LogP contribution in [0.5, 0.6) is 5.75 Å². The molecule has 1 heterocycles. The van der Waals surface area contributed by atoms with Gasteiger partial charge in [0.1, 0.15) is 5.75 Å². The van der Waals surface area contributed by atoms with Crippen LogP contribution in [0.1, 0.15) is 21.7 Å². The maximum Gasteiger partial charge on any atom is 0.259 e. The van der Waals surface area contributed by atoms with E-state index in [-0.39, 0.29) is 5.91 Å². The Morgan fingerprint density at radius 3 is 2.31 bits per heavy atom. The van der Waals surface area contributed by atoms with Gasteiger partial charge in [-0.25, -0.2) is 9.97 Å². The van der Waals surface area contributed by atoms with E-state index in [1.54, 1.807) is 25.3 Å². The number of anilines is 1. The number of nitrogens with zero attached hydrogens (tertiary/aromatic N) is 2. The minimum atomic E-state index is -0.208. The Labute approximate surface area is 156 Å². The normalized spacial score (nSPS) is 10.4. The molecule has 2 aromatic carbocycles. The third-order valence-corrected chi connectivity index (χ3v) is 4.51. The van der Waals surface area contributed by atoms with Crippen LogP contribution in [0.15, 0.2) is 64.6 Å². The summed E-state index contributed by atoms with van der Waals surface area (Å²) in [7, 11) is 1.55. The molecule has 3 aromatic rings. The van der Waals surface area contributed by atoms with Crippen LogP contribution in [0.2, 0.25) is 0 Å². The van der Waals surface area contributed by atoms with E-state index in [0.717, 1.165) is 16.3 Å². The van der Waals surface area contributed by atoms with Crippen molar-refractivity contribution in [2.75, 3.05) is 12.4 Å². The fraction of sp³-hybridized carbons (Fsp3) is 0.150. The third-order valence-electron chi connectivity index (χ3n) is 3.63. The molecule has 0 aliphatic heterocycles. The minimum Gasteiger partial charge on any atom is -0.496 e. The van der Waals surface area contributed by atoms with Crippen molar-refractivity contribution in [2.24, 2.45) is 0 Å². The molecule has 0 radical (unpaired) electrons. The molecule has 0 unspecified atom stereocenters. The number of ether oxygens (including phenoxy) is 1. The molecule has 1 amide bonds. The summed E-state index contributed by atoms with van der Waals surface area (Å²) in [4.78, 5) is 22.3. The van der Waals surface area contributed by atoms with Gasteiger partial charge in [0.15, 0.2) is 5.16 Å². The second-order valence-corrected chi connectivity index (χ2v) is 6.75. The van der Waals surface area contributed by atoms with Crippen LogP contribution in [0, 0.1) is 13.8 Å². The largest absolute Gasteiger partial charge is 0.496 e. The number of aromatic nitrogens is 2. The van der Waals surface area contributed by atoms with Crippen LogP contribution in [0.25, 0.3) is 0 Å². The molecule has 0 bridgehead atoms. The van der Waals surface area contributed by atoms with Crippen LogP contribution in [-0.4, -0.2) is 23.0 Å². The van der Waals surface area contributed by atoms with Crippen LogP contribution in [-0.2, 0) is 0 Å². The molecule has 0 saturated carbocycles. The second-order valence-electron chi connectivity index (χ2n) is 5.71. The Hall–Kier alpha value is -2.86. The Balaban J connectivity index is 1.70. The van der Waals surface area contributed by atoms with E-state index >= 15 is 0 Å². The Kier molecular flexibility index (Phi) is 5.53. The van der Waals surface area contributed by atoms with Crippen molar-refractivity contribution in [3.63, 3.8) is 0 Å². The molecule has 0 aliphatic carbocycles. The van der Waals surface area contributed by atoms with Gasteiger partial charge in [0.2, 0.25) is 0 Å². The lowest BCUT2D eigenvalue weighted by atomic mass is 10.2. The zero-order chi connectivity index (χ0) is 18.5. The predicted molar refractivity (Wildman–Crippen MR) is 103 cm³/mol. The summed E-state index contributed by atoms with van der Waals surface area (Å²) in [5.41, 5.74) is 3.10. The molecule has 0 saturated heterocycles. The molecule has 1 aromatic heterocycles. The van der Waals surface area contributed by atoms with Crippen molar-refractivity contribution in [1.82, 2.24) is 9.97 Å². The molecule has 0 spiro atoms. The minimum absolute atomic E-state index is 0.208. The summed E-state index contributed by atoms with van der Waals surface area (Å²) in [6.45, 7) is 3.91. The number of carbonyl (C=O) groups excluding carboxylic acids is 1. The highest BCUT2D eigenvalue weighted by molar-refractivity contribution is 7.99. The van der Waals surface area contributed by atoms with Crippen LogP contribution in [0.3, 0.4) is 0 Å². The van der Waals surface area contributed by atoms with Crippen LogP contribution >= 0.6 is 11.8 Å². The predicted octanol–water partition coefficient (Wildman–Crippen LogP) is 4.51. The van der Waals surface area contributed by atoms with E-state index in [1.807, 2.05) is 50.2 Å². The lowest BCUT2D eigenvalue weighted by Gasteiger charge is -2.09. The Morgan fingerprint density at radius 1 is 1.00 bits per heavy atom. The molecule has 5 nitrogen and oxygen atoms in total. The molecule has 132 valence electrons. The zero-order valence-electron chi connectivity index (χ0n) is 14.8. The first-order chi connectivity index (χ1) is 12.5. The fourth-order valence-electron chi connectivity index (χ4n) is 2.48. The van der Waals surface area contributed by atoms with Gasteiger partial charge >= 0.3 is 0 Å². The van der Waals surface area contributed by atoms with Gasteiger partial charge in [-0.05, 0) is 68.1 Å². The fourth-order valence-corrected chi connectivity index (χ4v) is 3.34. The highest BCUT2D eigenvalue weighted by atomic mass is 32.2. The summed E-state index contributed by atoms with van der Waals surface area (Å²) < 4.78 is 5.23. The van der Waals surface area contributed by atoms with Gasteiger partial charge in [-0.3, -0.25) is 4.79 Å². The smallest absolute Gasteiger partial charge is 0.259 e. The van der Waals surface area contributed by atoms with Crippen molar-refractivity contribution in [3.8, 4) is 5.75 Å². The summed E-state index contributed by atoms with van der Waals surface area (Å²) in [5, 5.41) is 3.60. The number of carbonyl (C=O) groups is 1. The lowest BCUT2D eigenvalue weighted by Crippen LogP contribution is -2.12. The van der Waals surface area contributed by atoms with Gasteiger partial charge in [0, 0.05) is 22.0 Å². The van der Waals surface area contributed by atoms with E-state index in [1.165, 1.54) is 11.8 Å². The van der Waals surface area contributed by atoms with E-state index in [4.69, 9.17) is 4.74 Å². The van der Waals surface area contributed by atoms with Gasteiger partial charge in [-0.15, -0.1) is 0 Å². The summed E-state index contributed by atoms with van der Waals surface area (Å²) in [5.74, 6) is 0.338. The van der Waals surface area contributed by atoms with Gasteiger partial charge in [0.25, 0.3) is 5.91 Å². The Bertz CT molecular complexity index is 906. The summed E-state index contributed by atoms with van der Waals surface area (Å²) in [6, 6.07) is 16.7. The van der Waals surface area contributed by atoms with Crippen molar-refractivity contribution >= 4 is 23.4 Å². The van der Waals surface area contributed by atoms with Crippen LogP contribution in [0.4, 0.5) is 5.69 Å². The highest BCUT2D eigenvalue weighted by Crippen LogP contribution is 2.27. The first kappa shape index (κ1) is 17.9. The van der Waals surface area contributed by atoms with E-state index < -0.39 is 0 Å². The number of methoxy groups -OCH3 is 1. The zero-order valence-corrected chi connectivity index (χ0v) is 15.6. The second kappa shape index (κ2) is 8.01. The number of nitrogens with one attached hydrogen (secondary N) is 1. The third kappa shape index (κ3) is 4.40.